The summed E-state index contributed by atoms with van der Waals surface area (Å²) in [6.45, 7) is 0. The second-order valence-electron chi connectivity index (χ2n) is 7.19. The van der Waals surface area contributed by atoms with E-state index in [-0.39, 0.29) is 6.42 Å². The summed E-state index contributed by atoms with van der Waals surface area (Å²) in [7, 11) is 0. The normalized spacial score (nSPS) is 13.9. The van der Waals surface area contributed by atoms with Crippen LogP contribution in [0.2, 0.25) is 0 Å². The van der Waals surface area contributed by atoms with E-state index in [1.807, 2.05) is 16.0 Å². The lowest BCUT2D eigenvalue weighted by molar-refractivity contribution is -0.147. The van der Waals surface area contributed by atoms with Gasteiger partial charge in [0.05, 0.1) is 18.9 Å². The molecule has 0 rings (SSSR count). The Morgan fingerprint density at radius 2 is 0.943 bits per heavy atom. The zero-order valence-corrected chi connectivity index (χ0v) is 18.1. The van der Waals surface area contributed by atoms with Crippen LogP contribution in [0.15, 0.2) is 0 Å². The van der Waals surface area contributed by atoms with Crippen molar-refractivity contribution in [1.82, 2.24) is 16.0 Å². The van der Waals surface area contributed by atoms with Crippen molar-refractivity contribution in [3.63, 3.8) is 0 Å². The summed E-state index contributed by atoms with van der Waals surface area (Å²) >= 11 is 0. The van der Waals surface area contributed by atoms with Gasteiger partial charge in [-0.1, -0.05) is 0 Å². The summed E-state index contributed by atoms with van der Waals surface area (Å²) in [6.07, 6.45) is -4.18. The van der Waals surface area contributed by atoms with Gasteiger partial charge in [-0.15, -0.1) is 0 Å². The maximum Gasteiger partial charge on any atom is 0.326 e. The van der Waals surface area contributed by atoms with Gasteiger partial charge in [-0.05, 0) is 12.8 Å². The summed E-state index contributed by atoms with van der Waals surface area (Å²) in [6, 6.07) is -6.92. The Morgan fingerprint density at radius 3 is 1.40 bits per heavy atom. The monoisotopic (exact) mass is 506 g/mol. The Morgan fingerprint density at radius 1 is 0.543 bits per heavy atom. The molecule has 0 aliphatic rings. The van der Waals surface area contributed by atoms with Crippen LogP contribution in [0, 0.1) is 0 Å². The lowest BCUT2D eigenvalue weighted by Gasteiger charge is -2.24. The molecule has 196 valence electrons. The first kappa shape index (κ1) is 30.7. The van der Waals surface area contributed by atoms with E-state index >= 15 is 0 Å². The van der Waals surface area contributed by atoms with Crippen LogP contribution in [0.1, 0.15) is 38.5 Å². The Kier molecular flexibility index (Phi) is 13.0. The van der Waals surface area contributed by atoms with E-state index in [9.17, 15) is 38.4 Å². The average molecular weight is 506 g/mol. The van der Waals surface area contributed by atoms with E-state index in [0.29, 0.717) is 0 Å². The summed E-state index contributed by atoms with van der Waals surface area (Å²) in [5.74, 6) is -11.2. The molecule has 17 heteroatoms. The Labute approximate surface area is 196 Å². The van der Waals surface area contributed by atoms with E-state index in [0.717, 1.165) is 0 Å². The molecule has 0 radical (unpaired) electrons. The van der Waals surface area contributed by atoms with Crippen molar-refractivity contribution in [1.29, 1.82) is 0 Å². The van der Waals surface area contributed by atoms with Gasteiger partial charge in [0, 0.05) is 12.8 Å². The van der Waals surface area contributed by atoms with E-state index in [1.165, 1.54) is 0 Å². The van der Waals surface area contributed by atoms with Gasteiger partial charge in [0.15, 0.2) is 0 Å². The smallest absolute Gasteiger partial charge is 0.326 e. The number of aliphatic carboxylic acids is 5. The van der Waals surface area contributed by atoms with Gasteiger partial charge in [0.1, 0.15) is 18.1 Å². The number of rotatable bonds is 17. The third-order valence-electron chi connectivity index (χ3n) is 4.29. The zero-order valence-electron chi connectivity index (χ0n) is 18.1. The molecule has 0 aromatic heterocycles. The molecule has 0 saturated carbocycles. The largest absolute Gasteiger partial charge is 0.481 e. The molecule has 0 aliphatic heterocycles. The Hall–Kier alpha value is -4.28. The fourth-order valence-electron chi connectivity index (χ4n) is 2.53. The first-order valence-corrected chi connectivity index (χ1v) is 9.90. The predicted molar refractivity (Wildman–Crippen MR) is 110 cm³/mol. The molecule has 3 amide bonds. The van der Waals surface area contributed by atoms with Gasteiger partial charge in [-0.2, -0.15) is 0 Å². The standard InChI is InChI=1S/C18H26N4O13/c19-7(1-3-11(23)24)15(31)21-9(5-13(27)28)17(33)20-8(2-4-12(25)26)16(32)22-10(18(34)35)6-14(29)30/h7-10H,1-6,19H2,(H,20,33)(H,21,31)(H,22,32)(H,23,24)(H,25,26)(H,27,28)(H,29,30)(H,34,35). The number of carbonyl (C=O) groups excluding carboxylic acids is 3. The maximum absolute atomic E-state index is 12.6. The van der Waals surface area contributed by atoms with Crippen LogP contribution in [0.3, 0.4) is 0 Å². The lowest BCUT2D eigenvalue weighted by Crippen LogP contribution is -2.57. The molecule has 0 heterocycles. The summed E-state index contributed by atoms with van der Waals surface area (Å²) in [5.41, 5.74) is 5.51. The van der Waals surface area contributed by atoms with Crippen LogP contribution in [0.25, 0.3) is 0 Å². The molecule has 0 bridgehead atoms. The van der Waals surface area contributed by atoms with Crippen LogP contribution < -0.4 is 21.7 Å². The molecule has 0 aliphatic carbocycles. The number of carboxylic acids is 5. The number of nitrogens with two attached hydrogens (primary N) is 1. The van der Waals surface area contributed by atoms with Crippen molar-refractivity contribution in [3.8, 4) is 0 Å². The molecule has 4 unspecified atom stereocenters. The van der Waals surface area contributed by atoms with Crippen molar-refractivity contribution in [2.45, 2.75) is 62.7 Å². The Balaban J connectivity index is 5.59. The molecule has 0 saturated heterocycles. The molecule has 0 aromatic carbocycles. The van der Waals surface area contributed by atoms with Crippen molar-refractivity contribution in [2.24, 2.45) is 5.73 Å². The number of carbonyl (C=O) groups is 8. The Bertz CT molecular complexity index is 859. The third kappa shape index (κ3) is 13.1. The fraction of sp³-hybridized carbons (Fsp3) is 0.556. The lowest BCUT2D eigenvalue weighted by atomic mass is 10.1. The van der Waals surface area contributed by atoms with Crippen LogP contribution >= 0.6 is 0 Å². The predicted octanol–water partition coefficient (Wildman–Crippen LogP) is -3.47. The highest BCUT2D eigenvalue weighted by molar-refractivity contribution is 5.96. The molecule has 0 spiro atoms. The van der Waals surface area contributed by atoms with Gasteiger partial charge in [-0.3, -0.25) is 33.6 Å². The highest BCUT2D eigenvalue weighted by Gasteiger charge is 2.32. The van der Waals surface area contributed by atoms with Crippen LogP contribution in [0.5, 0.6) is 0 Å². The number of nitrogens with one attached hydrogen (secondary N) is 3. The molecule has 0 aromatic rings. The molecular formula is C18H26N4O13. The number of hydrogen-bond donors (Lipinski definition) is 9. The number of carboxylic acid groups (broad SMARTS) is 5. The maximum atomic E-state index is 12.6. The highest BCUT2D eigenvalue weighted by atomic mass is 16.4. The first-order valence-electron chi connectivity index (χ1n) is 9.90. The molecule has 10 N–H and O–H groups in total. The van der Waals surface area contributed by atoms with Gasteiger partial charge in [0.25, 0.3) is 0 Å². The van der Waals surface area contributed by atoms with Gasteiger partial charge >= 0.3 is 29.8 Å². The van der Waals surface area contributed by atoms with Crippen LogP contribution in [-0.4, -0.2) is 97.3 Å². The number of hydrogen-bond acceptors (Lipinski definition) is 9. The molecule has 4 atom stereocenters. The third-order valence-corrected chi connectivity index (χ3v) is 4.29. The minimum Gasteiger partial charge on any atom is -0.481 e. The van der Waals surface area contributed by atoms with Crippen molar-refractivity contribution in [2.75, 3.05) is 0 Å². The second-order valence-corrected chi connectivity index (χ2v) is 7.19. The van der Waals surface area contributed by atoms with Gasteiger partial charge in [0.2, 0.25) is 17.7 Å². The van der Waals surface area contributed by atoms with Gasteiger partial charge < -0.3 is 47.2 Å². The quantitative estimate of drug-likeness (QED) is 0.0926. The van der Waals surface area contributed by atoms with E-state index in [1.54, 1.807) is 0 Å². The van der Waals surface area contributed by atoms with Crippen molar-refractivity contribution < 1.29 is 63.9 Å². The minimum absolute atomic E-state index is 0.341. The van der Waals surface area contributed by atoms with E-state index < -0.39 is 104 Å². The zero-order chi connectivity index (χ0) is 27.3. The summed E-state index contributed by atoms with van der Waals surface area (Å²) in [4.78, 5) is 91.8. The molecule has 35 heavy (non-hydrogen) atoms. The molecule has 17 nitrogen and oxygen atoms in total. The fourth-order valence-corrected chi connectivity index (χ4v) is 2.53. The molecule has 0 fully saturated rings. The number of amides is 3. The second kappa shape index (κ2) is 14.8. The minimum atomic E-state index is -1.93. The summed E-state index contributed by atoms with van der Waals surface area (Å²) in [5, 5.41) is 50.2. The highest BCUT2D eigenvalue weighted by Crippen LogP contribution is 2.04. The topological polar surface area (TPSA) is 300 Å². The van der Waals surface area contributed by atoms with Crippen LogP contribution in [-0.2, 0) is 38.4 Å². The SMILES string of the molecule is NC(CCC(=O)O)C(=O)NC(CC(=O)O)C(=O)NC(CCC(=O)O)C(=O)NC(CC(=O)O)C(=O)O. The average Bonchev–Trinajstić information content (AvgIpc) is 2.72. The van der Waals surface area contributed by atoms with Crippen LogP contribution in [0.4, 0.5) is 0 Å². The van der Waals surface area contributed by atoms with Crippen molar-refractivity contribution >= 4 is 47.6 Å². The van der Waals surface area contributed by atoms with Crippen molar-refractivity contribution in [3.05, 3.63) is 0 Å². The van der Waals surface area contributed by atoms with Gasteiger partial charge in [-0.25, -0.2) is 4.79 Å². The first-order chi connectivity index (χ1) is 16.1. The molecular weight excluding hydrogens is 480 g/mol. The van der Waals surface area contributed by atoms with E-state index in [2.05, 4.69) is 0 Å². The summed E-state index contributed by atoms with van der Waals surface area (Å²) < 4.78 is 0. The van der Waals surface area contributed by atoms with E-state index in [4.69, 9.17) is 31.3 Å².